The molecule has 3 rings (SSSR count). The third-order valence-electron chi connectivity index (χ3n) is 3.56. The van der Waals surface area contributed by atoms with Gasteiger partial charge in [0.1, 0.15) is 0 Å². The van der Waals surface area contributed by atoms with Crippen LogP contribution in [0.3, 0.4) is 0 Å². The molecule has 2 heterocycles. The van der Waals surface area contributed by atoms with Crippen LogP contribution in [0.5, 0.6) is 0 Å². The highest BCUT2D eigenvalue weighted by Crippen LogP contribution is 2.23. The average molecular weight is 288 g/mol. The molecule has 1 fully saturated rings. The van der Waals surface area contributed by atoms with Crippen LogP contribution in [-0.4, -0.2) is 34.0 Å². The SMILES string of the molecule is O=C(O)c1ccccc1-c1nnc(CCC2CCCO2)o1. The van der Waals surface area contributed by atoms with Crippen LogP contribution in [0.2, 0.25) is 0 Å². The Kier molecular flexibility index (Phi) is 3.96. The van der Waals surface area contributed by atoms with E-state index in [2.05, 4.69) is 10.2 Å². The molecule has 2 aromatic rings. The number of carboxylic acids is 1. The van der Waals surface area contributed by atoms with E-state index in [1.54, 1.807) is 18.2 Å². The molecule has 1 aliphatic heterocycles. The van der Waals surface area contributed by atoms with Gasteiger partial charge in [-0.3, -0.25) is 0 Å². The smallest absolute Gasteiger partial charge is 0.336 e. The Morgan fingerprint density at radius 1 is 1.33 bits per heavy atom. The molecule has 1 aliphatic rings. The molecule has 0 amide bonds. The Labute approximate surface area is 121 Å². The van der Waals surface area contributed by atoms with Gasteiger partial charge in [-0.25, -0.2) is 4.79 Å². The third-order valence-corrected chi connectivity index (χ3v) is 3.56. The largest absolute Gasteiger partial charge is 0.478 e. The summed E-state index contributed by atoms with van der Waals surface area (Å²) in [5.41, 5.74) is 0.604. The van der Waals surface area contributed by atoms with Crippen LogP contribution in [0, 0.1) is 0 Å². The lowest BCUT2D eigenvalue weighted by Crippen LogP contribution is -2.06. The molecular formula is C15H16N2O4. The van der Waals surface area contributed by atoms with Gasteiger partial charge < -0.3 is 14.3 Å². The summed E-state index contributed by atoms with van der Waals surface area (Å²) in [6.07, 6.45) is 3.94. The summed E-state index contributed by atoms with van der Waals surface area (Å²) < 4.78 is 11.1. The van der Waals surface area contributed by atoms with Gasteiger partial charge in [-0.15, -0.1) is 10.2 Å². The second kappa shape index (κ2) is 6.05. The molecular weight excluding hydrogens is 272 g/mol. The van der Waals surface area contributed by atoms with Gasteiger partial charge in [0.05, 0.1) is 17.2 Å². The van der Waals surface area contributed by atoms with E-state index in [4.69, 9.17) is 9.15 Å². The summed E-state index contributed by atoms with van der Waals surface area (Å²) in [6.45, 7) is 0.825. The lowest BCUT2D eigenvalue weighted by molar-refractivity contribution is 0.0697. The summed E-state index contributed by atoms with van der Waals surface area (Å²) in [6, 6.07) is 6.61. The van der Waals surface area contributed by atoms with E-state index in [9.17, 15) is 9.90 Å². The number of rotatable bonds is 5. The summed E-state index contributed by atoms with van der Waals surface area (Å²) >= 11 is 0. The molecule has 0 spiro atoms. The fraction of sp³-hybridized carbons (Fsp3) is 0.400. The Balaban J connectivity index is 1.74. The summed E-state index contributed by atoms with van der Waals surface area (Å²) in [5, 5.41) is 17.1. The highest BCUT2D eigenvalue weighted by atomic mass is 16.5. The molecule has 1 saturated heterocycles. The number of benzene rings is 1. The highest BCUT2D eigenvalue weighted by Gasteiger charge is 2.19. The average Bonchev–Trinajstić information content (AvgIpc) is 3.16. The lowest BCUT2D eigenvalue weighted by Gasteiger charge is -2.05. The molecule has 0 bridgehead atoms. The molecule has 1 atom stereocenters. The van der Waals surface area contributed by atoms with E-state index in [-0.39, 0.29) is 17.6 Å². The number of carbonyl (C=O) groups is 1. The van der Waals surface area contributed by atoms with Crippen molar-refractivity contribution in [2.45, 2.75) is 31.8 Å². The van der Waals surface area contributed by atoms with E-state index in [0.717, 1.165) is 25.9 Å². The van der Waals surface area contributed by atoms with Gasteiger partial charge in [0.2, 0.25) is 11.8 Å². The third kappa shape index (κ3) is 3.11. The molecule has 1 unspecified atom stereocenters. The Hall–Kier alpha value is -2.21. The first kappa shape index (κ1) is 13.8. The fourth-order valence-corrected chi connectivity index (χ4v) is 2.48. The zero-order valence-electron chi connectivity index (χ0n) is 11.5. The summed E-state index contributed by atoms with van der Waals surface area (Å²) in [4.78, 5) is 11.2. The maximum absolute atomic E-state index is 11.2. The number of hydrogen-bond acceptors (Lipinski definition) is 5. The number of aryl methyl sites for hydroxylation is 1. The number of nitrogens with zero attached hydrogens (tertiary/aromatic N) is 2. The van der Waals surface area contributed by atoms with Crippen molar-refractivity contribution in [3.05, 3.63) is 35.7 Å². The molecule has 21 heavy (non-hydrogen) atoms. The zero-order valence-corrected chi connectivity index (χ0v) is 11.5. The summed E-state index contributed by atoms with van der Waals surface area (Å²) in [7, 11) is 0. The number of hydrogen-bond donors (Lipinski definition) is 1. The second-order valence-corrected chi connectivity index (χ2v) is 5.03. The highest BCUT2D eigenvalue weighted by molar-refractivity contribution is 5.94. The number of ether oxygens (including phenoxy) is 1. The lowest BCUT2D eigenvalue weighted by atomic mass is 10.1. The molecule has 0 radical (unpaired) electrons. The van der Waals surface area contributed by atoms with Crippen LogP contribution in [0.25, 0.3) is 11.5 Å². The Bertz CT molecular complexity index is 632. The molecule has 0 saturated carbocycles. The molecule has 1 aromatic heterocycles. The van der Waals surface area contributed by atoms with Crippen molar-refractivity contribution in [1.82, 2.24) is 10.2 Å². The molecule has 1 aromatic carbocycles. The minimum Gasteiger partial charge on any atom is -0.478 e. The van der Waals surface area contributed by atoms with E-state index < -0.39 is 5.97 Å². The van der Waals surface area contributed by atoms with Crippen molar-refractivity contribution < 1.29 is 19.1 Å². The topological polar surface area (TPSA) is 85.5 Å². The summed E-state index contributed by atoms with van der Waals surface area (Å²) in [5.74, 6) is -0.249. The first-order valence-corrected chi connectivity index (χ1v) is 7.00. The van der Waals surface area contributed by atoms with Gasteiger partial charge in [0.15, 0.2) is 0 Å². The van der Waals surface area contributed by atoms with E-state index in [0.29, 0.717) is 17.9 Å². The monoisotopic (exact) mass is 288 g/mol. The quantitative estimate of drug-likeness (QED) is 0.910. The maximum atomic E-state index is 11.2. The Morgan fingerprint density at radius 2 is 2.19 bits per heavy atom. The van der Waals surface area contributed by atoms with Crippen LogP contribution in [0.15, 0.2) is 28.7 Å². The number of carboxylic acid groups (broad SMARTS) is 1. The van der Waals surface area contributed by atoms with Crippen molar-refractivity contribution in [2.75, 3.05) is 6.61 Å². The van der Waals surface area contributed by atoms with E-state index in [1.165, 1.54) is 6.07 Å². The van der Waals surface area contributed by atoms with Crippen molar-refractivity contribution in [2.24, 2.45) is 0 Å². The first-order chi connectivity index (χ1) is 10.2. The Morgan fingerprint density at radius 3 is 2.95 bits per heavy atom. The van der Waals surface area contributed by atoms with Crippen LogP contribution in [-0.2, 0) is 11.2 Å². The van der Waals surface area contributed by atoms with Crippen molar-refractivity contribution in [1.29, 1.82) is 0 Å². The predicted molar refractivity (Wildman–Crippen MR) is 74.0 cm³/mol. The minimum absolute atomic E-state index is 0.159. The van der Waals surface area contributed by atoms with Gasteiger partial charge in [0, 0.05) is 13.0 Å². The van der Waals surface area contributed by atoms with Gasteiger partial charge in [-0.1, -0.05) is 12.1 Å². The molecule has 6 nitrogen and oxygen atoms in total. The minimum atomic E-state index is -1.01. The van der Waals surface area contributed by atoms with Gasteiger partial charge in [0.25, 0.3) is 0 Å². The molecule has 1 N–H and O–H groups in total. The van der Waals surface area contributed by atoms with Crippen molar-refractivity contribution >= 4 is 5.97 Å². The fourth-order valence-electron chi connectivity index (χ4n) is 2.48. The normalized spacial score (nSPS) is 18.0. The number of aromatic carboxylic acids is 1. The van der Waals surface area contributed by atoms with E-state index in [1.807, 2.05) is 0 Å². The van der Waals surface area contributed by atoms with Crippen molar-refractivity contribution in [3.8, 4) is 11.5 Å². The standard InChI is InChI=1S/C15H16N2O4/c18-15(19)12-6-2-1-5-11(12)14-17-16-13(21-14)8-7-10-4-3-9-20-10/h1-2,5-6,10H,3-4,7-9H2,(H,18,19). The molecule has 6 heteroatoms. The first-order valence-electron chi connectivity index (χ1n) is 7.00. The van der Waals surface area contributed by atoms with Crippen LogP contribution in [0.1, 0.15) is 35.5 Å². The maximum Gasteiger partial charge on any atom is 0.336 e. The van der Waals surface area contributed by atoms with Crippen molar-refractivity contribution in [3.63, 3.8) is 0 Å². The molecule has 0 aliphatic carbocycles. The second-order valence-electron chi connectivity index (χ2n) is 5.03. The van der Waals surface area contributed by atoms with Gasteiger partial charge in [-0.2, -0.15) is 0 Å². The van der Waals surface area contributed by atoms with Crippen LogP contribution < -0.4 is 0 Å². The number of aromatic nitrogens is 2. The predicted octanol–water partition coefficient (Wildman–Crippen LogP) is 2.55. The zero-order chi connectivity index (χ0) is 14.7. The molecule has 110 valence electrons. The van der Waals surface area contributed by atoms with Gasteiger partial charge >= 0.3 is 5.97 Å². The van der Waals surface area contributed by atoms with Crippen LogP contribution in [0.4, 0.5) is 0 Å². The van der Waals surface area contributed by atoms with Crippen LogP contribution >= 0.6 is 0 Å². The van der Waals surface area contributed by atoms with Gasteiger partial charge in [-0.05, 0) is 31.4 Å². The van der Waals surface area contributed by atoms with E-state index >= 15 is 0 Å².